The monoisotopic (exact) mass is 459 g/mol. The fourth-order valence-corrected chi connectivity index (χ4v) is 4.47. The lowest BCUT2D eigenvalue weighted by atomic mass is 10.3. The van der Waals surface area contributed by atoms with E-state index in [-0.39, 0.29) is 18.3 Å². The van der Waals surface area contributed by atoms with Gasteiger partial charge in [0.2, 0.25) is 0 Å². The highest BCUT2D eigenvalue weighted by molar-refractivity contribution is 7.22. The molecule has 32 heavy (non-hydrogen) atoms. The highest BCUT2D eigenvalue weighted by atomic mass is 32.1. The van der Waals surface area contributed by atoms with Gasteiger partial charge < -0.3 is 14.2 Å². The minimum absolute atomic E-state index is 0.0552. The van der Waals surface area contributed by atoms with Crippen molar-refractivity contribution in [3.05, 3.63) is 48.3 Å². The molecule has 170 valence electrons. The van der Waals surface area contributed by atoms with Gasteiger partial charge in [-0.15, -0.1) is 0 Å². The molecule has 2 aromatic carbocycles. The van der Waals surface area contributed by atoms with Crippen molar-refractivity contribution in [1.82, 2.24) is 9.88 Å². The molecular formula is C23H26FN3O4S. The Hall–Kier alpha value is -2.75. The van der Waals surface area contributed by atoms with Gasteiger partial charge in [-0.2, -0.15) is 0 Å². The van der Waals surface area contributed by atoms with Gasteiger partial charge >= 0.3 is 0 Å². The van der Waals surface area contributed by atoms with Crippen molar-refractivity contribution in [2.75, 3.05) is 57.5 Å². The number of thiazole rings is 1. The van der Waals surface area contributed by atoms with E-state index in [2.05, 4.69) is 9.88 Å². The van der Waals surface area contributed by atoms with E-state index in [9.17, 15) is 9.18 Å². The summed E-state index contributed by atoms with van der Waals surface area (Å²) in [6.07, 6.45) is 0. The maximum absolute atomic E-state index is 13.9. The van der Waals surface area contributed by atoms with Crippen LogP contribution in [0.1, 0.15) is 6.92 Å². The van der Waals surface area contributed by atoms with E-state index in [1.54, 1.807) is 17.0 Å². The molecule has 0 atom stereocenters. The number of carbonyl (C=O) groups excluding carboxylic acids is 1. The molecule has 1 fully saturated rings. The molecule has 1 saturated heterocycles. The summed E-state index contributed by atoms with van der Waals surface area (Å²) < 4.78 is 31.3. The third-order valence-corrected chi connectivity index (χ3v) is 6.16. The van der Waals surface area contributed by atoms with E-state index in [0.717, 1.165) is 29.1 Å². The summed E-state index contributed by atoms with van der Waals surface area (Å²) in [7, 11) is 0. The molecule has 1 aliphatic rings. The van der Waals surface area contributed by atoms with Crippen molar-refractivity contribution >= 4 is 32.6 Å². The van der Waals surface area contributed by atoms with Crippen molar-refractivity contribution in [2.45, 2.75) is 6.92 Å². The predicted molar refractivity (Wildman–Crippen MR) is 122 cm³/mol. The third-order valence-electron chi connectivity index (χ3n) is 5.12. The molecule has 0 saturated carbocycles. The van der Waals surface area contributed by atoms with Gasteiger partial charge in [0.25, 0.3) is 5.91 Å². The molecule has 0 N–H and O–H groups in total. The Labute approximate surface area is 190 Å². The number of rotatable bonds is 9. The molecule has 0 spiro atoms. The van der Waals surface area contributed by atoms with E-state index in [1.807, 2.05) is 25.1 Å². The first kappa shape index (κ1) is 22.4. The van der Waals surface area contributed by atoms with Crippen LogP contribution in [0.2, 0.25) is 0 Å². The molecule has 1 aliphatic heterocycles. The van der Waals surface area contributed by atoms with Gasteiger partial charge in [0.1, 0.15) is 5.75 Å². The van der Waals surface area contributed by atoms with Crippen LogP contribution in [0.3, 0.4) is 0 Å². The van der Waals surface area contributed by atoms with Crippen molar-refractivity contribution in [2.24, 2.45) is 0 Å². The van der Waals surface area contributed by atoms with Gasteiger partial charge in [0.05, 0.1) is 30.0 Å². The average molecular weight is 460 g/mol. The standard InChI is InChI=1S/C23H26FN3O4S/c1-2-30-17-7-8-19-21(15-17)32-23(25-19)27(10-9-26-11-13-29-14-12-26)22(28)16-31-20-6-4-3-5-18(20)24/h3-8,15H,2,9-14,16H2,1H3. The van der Waals surface area contributed by atoms with E-state index in [4.69, 9.17) is 14.2 Å². The lowest BCUT2D eigenvalue weighted by molar-refractivity contribution is -0.120. The summed E-state index contributed by atoms with van der Waals surface area (Å²) in [5.41, 5.74) is 0.799. The number of para-hydroxylation sites is 1. The van der Waals surface area contributed by atoms with Gasteiger partial charge in [-0.3, -0.25) is 14.6 Å². The van der Waals surface area contributed by atoms with Gasteiger partial charge in [0.15, 0.2) is 23.3 Å². The molecule has 1 amide bonds. The molecule has 0 bridgehead atoms. The van der Waals surface area contributed by atoms with Crippen LogP contribution in [0.25, 0.3) is 10.2 Å². The van der Waals surface area contributed by atoms with E-state index in [0.29, 0.717) is 38.0 Å². The molecule has 9 heteroatoms. The highest BCUT2D eigenvalue weighted by Gasteiger charge is 2.22. The zero-order valence-corrected chi connectivity index (χ0v) is 18.8. The number of benzene rings is 2. The molecule has 0 radical (unpaired) electrons. The normalized spacial score (nSPS) is 14.4. The van der Waals surface area contributed by atoms with E-state index < -0.39 is 5.82 Å². The summed E-state index contributed by atoms with van der Waals surface area (Å²) in [5.74, 6) is 0.0538. The Bertz CT molecular complexity index is 1050. The molecule has 2 heterocycles. The fourth-order valence-electron chi connectivity index (χ4n) is 3.44. The molecule has 7 nitrogen and oxygen atoms in total. The highest BCUT2D eigenvalue weighted by Crippen LogP contribution is 2.32. The number of amides is 1. The fraction of sp³-hybridized carbons (Fsp3) is 0.391. The summed E-state index contributed by atoms with van der Waals surface area (Å²) >= 11 is 1.43. The van der Waals surface area contributed by atoms with Crippen molar-refractivity contribution in [1.29, 1.82) is 0 Å². The quantitative estimate of drug-likeness (QED) is 0.488. The molecule has 4 rings (SSSR count). The maximum atomic E-state index is 13.9. The van der Waals surface area contributed by atoms with Crippen LogP contribution < -0.4 is 14.4 Å². The zero-order chi connectivity index (χ0) is 22.3. The number of morpholine rings is 1. The van der Waals surface area contributed by atoms with Gasteiger partial charge in [-0.1, -0.05) is 23.5 Å². The Morgan fingerprint density at radius 3 is 2.81 bits per heavy atom. The van der Waals surface area contributed by atoms with Crippen LogP contribution in [-0.2, 0) is 9.53 Å². The minimum Gasteiger partial charge on any atom is -0.494 e. The largest absolute Gasteiger partial charge is 0.494 e. The topological polar surface area (TPSA) is 64.1 Å². The van der Waals surface area contributed by atoms with Gasteiger partial charge in [-0.05, 0) is 37.3 Å². The molecular weight excluding hydrogens is 433 g/mol. The Morgan fingerprint density at radius 1 is 1.22 bits per heavy atom. The number of hydrogen-bond donors (Lipinski definition) is 0. The number of hydrogen-bond acceptors (Lipinski definition) is 7. The lowest BCUT2D eigenvalue weighted by Crippen LogP contribution is -2.44. The third kappa shape index (κ3) is 5.53. The van der Waals surface area contributed by atoms with E-state index in [1.165, 1.54) is 23.5 Å². The summed E-state index contributed by atoms with van der Waals surface area (Å²) in [6.45, 7) is 6.41. The number of carbonyl (C=O) groups is 1. The molecule has 0 unspecified atom stereocenters. The Balaban J connectivity index is 1.52. The SMILES string of the molecule is CCOc1ccc2nc(N(CCN3CCOCC3)C(=O)COc3ccccc3F)sc2c1. The number of ether oxygens (including phenoxy) is 3. The smallest absolute Gasteiger partial charge is 0.266 e. The predicted octanol–water partition coefficient (Wildman–Crippen LogP) is 3.58. The maximum Gasteiger partial charge on any atom is 0.266 e. The van der Waals surface area contributed by atoms with Crippen LogP contribution in [-0.4, -0.2) is 68.4 Å². The number of nitrogens with zero attached hydrogens (tertiary/aromatic N) is 3. The van der Waals surface area contributed by atoms with Crippen LogP contribution >= 0.6 is 11.3 Å². The lowest BCUT2D eigenvalue weighted by Gasteiger charge is -2.29. The second-order valence-corrected chi connectivity index (χ2v) is 8.29. The first-order valence-electron chi connectivity index (χ1n) is 10.6. The van der Waals surface area contributed by atoms with Crippen LogP contribution in [0, 0.1) is 5.82 Å². The zero-order valence-electron chi connectivity index (χ0n) is 18.0. The minimum atomic E-state index is -0.497. The molecule has 0 aliphatic carbocycles. The van der Waals surface area contributed by atoms with Crippen molar-refractivity contribution < 1.29 is 23.4 Å². The van der Waals surface area contributed by atoms with E-state index >= 15 is 0 Å². The average Bonchev–Trinajstić information content (AvgIpc) is 3.22. The van der Waals surface area contributed by atoms with Crippen LogP contribution in [0.15, 0.2) is 42.5 Å². The first-order chi connectivity index (χ1) is 15.6. The van der Waals surface area contributed by atoms with Crippen molar-refractivity contribution in [3.8, 4) is 11.5 Å². The molecule has 3 aromatic rings. The number of anilines is 1. The molecule has 1 aromatic heterocycles. The summed E-state index contributed by atoms with van der Waals surface area (Å²) in [6, 6.07) is 11.8. The van der Waals surface area contributed by atoms with Gasteiger partial charge in [-0.25, -0.2) is 9.37 Å². The second-order valence-electron chi connectivity index (χ2n) is 7.28. The number of halogens is 1. The summed E-state index contributed by atoms with van der Waals surface area (Å²) in [5, 5.41) is 0.587. The number of aromatic nitrogens is 1. The second kappa shape index (κ2) is 10.7. The summed E-state index contributed by atoms with van der Waals surface area (Å²) in [4.78, 5) is 21.7. The first-order valence-corrected chi connectivity index (χ1v) is 11.5. The Kier molecular flexibility index (Phi) is 7.51. The number of fused-ring (bicyclic) bond motifs is 1. The Morgan fingerprint density at radius 2 is 2.03 bits per heavy atom. The van der Waals surface area contributed by atoms with Crippen LogP contribution in [0.4, 0.5) is 9.52 Å². The van der Waals surface area contributed by atoms with Crippen LogP contribution in [0.5, 0.6) is 11.5 Å². The van der Waals surface area contributed by atoms with Gasteiger partial charge in [0, 0.05) is 26.2 Å². The van der Waals surface area contributed by atoms with Crippen molar-refractivity contribution in [3.63, 3.8) is 0 Å².